The Morgan fingerprint density at radius 1 is 1.40 bits per heavy atom. The van der Waals surface area contributed by atoms with Gasteiger partial charge in [0.2, 0.25) is 0 Å². The molecule has 6 heteroatoms. The lowest BCUT2D eigenvalue weighted by molar-refractivity contribution is 0.249. The summed E-state index contributed by atoms with van der Waals surface area (Å²) < 4.78 is 5.06. The van der Waals surface area contributed by atoms with Gasteiger partial charge >= 0.3 is 6.03 Å². The summed E-state index contributed by atoms with van der Waals surface area (Å²) in [6.45, 7) is 1.94. The number of urea groups is 1. The van der Waals surface area contributed by atoms with Crippen LogP contribution in [-0.2, 0) is 0 Å². The molecule has 4 nitrogen and oxygen atoms in total. The van der Waals surface area contributed by atoms with E-state index in [2.05, 4.69) is 10.6 Å². The Kier molecular flexibility index (Phi) is 4.87. The van der Waals surface area contributed by atoms with Crippen LogP contribution in [0.15, 0.2) is 35.7 Å². The smallest absolute Gasteiger partial charge is 0.319 e. The summed E-state index contributed by atoms with van der Waals surface area (Å²) in [5.41, 5.74) is 0.617. The molecule has 1 atom stereocenters. The van der Waals surface area contributed by atoms with E-state index in [0.717, 1.165) is 4.88 Å². The van der Waals surface area contributed by atoms with Gasteiger partial charge < -0.3 is 15.4 Å². The lowest BCUT2D eigenvalue weighted by Crippen LogP contribution is -2.30. The van der Waals surface area contributed by atoms with Gasteiger partial charge in [-0.15, -0.1) is 11.3 Å². The zero-order chi connectivity index (χ0) is 14.5. The molecule has 2 amide bonds. The third kappa shape index (κ3) is 3.65. The molecular formula is C14H15ClN2O2S. The number of carbonyl (C=O) groups is 1. The summed E-state index contributed by atoms with van der Waals surface area (Å²) in [5.74, 6) is 0.574. The van der Waals surface area contributed by atoms with Crippen LogP contribution >= 0.6 is 22.9 Å². The highest BCUT2D eigenvalue weighted by atomic mass is 35.5. The van der Waals surface area contributed by atoms with Crippen molar-refractivity contribution in [1.82, 2.24) is 5.32 Å². The van der Waals surface area contributed by atoms with Gasteiger partial charge in [0.1, 0.15) is 5.75 Å². The van der Waals surface area contributed by atoms with Crippen LogP contribution in [0.2, 0.25) is 5.02 Å². The molecule has 2 rings (SSSR count). The maximum Gasteiger partial charge on any atom is 0.319 e. The Balaban J connectivity index is 1.96. The van der Waals surface area contributed by atoms with E-state index in [9.17, 15) is 4.79 Å². The van der Waals surface area contributed by atoms with Crippen molar-refractivity contribution >= 4 is 34.7 Å². The predicted molar refractivity (Wildman–Crippen MR) is 82.9 cm³/mol. The first-order valence-corrected chi connectivity index (χ1v) is 7.30. The van der Waals surface area contributed by atoms with Crippen molar-refractivity contribution in [3.63, 3.8) is 0 Å². The zero-order valence-corrected chi connectivity index (χ0v) is 12.7. The maximum absolute atomic E-state index is 11.9. The third-order valence-corrected chi connectivity index (χ3v) is 4.08. The second kappa shape index (κ2) is 6.63. The van der Waals surface area contributed by atoms with E-state index in [0.29, 0.717) is 16.5 Å². The summed E-state index contributed by atoms with van der Waals surface area (Å²) in [6, 6.07) is 8.73. The van der Waals surface area contributed by atoms with E-state index in [-0.39, 0.29) is 12.1 Å². The quantitative estimate of drug-likeness (QED) is 0.885. The molecule has 0 unspecified atom stereocenters. The van der Waals surface area contributed by atoms with Crippen molar-refractivity contribution in [2.75, 3.05) is 12.4 Å². The third-order valence-electron chi connectivity index (χ3n) is 2.73. The SMILES string of the molecule is COc1ccc(NC(=O)N[C@H](C)c2cccs2)cc1Cl. The first kappa shape index (κ1) is 14.7. The average Bonchev–Trinajstić information content (AvgIpc) is 2.92. The Morgan fingerprint density at radius 3 is 2.80 bits per heavy atom. The van der Waals surface area contributed by atoms with Gasteiger partial charge in [-0.1, -0.05) is 17.7 Å². The van der Waals surface area contributed by atoms with E-state index in [1.54, 1.807) is 36.6 Å². The zero-order valence-electron chi connectivity index (χ0n) is 11.1. The van der Waals surface area contributed by atoms with E-state index >= 15 is 0 Å². The molecule has 20 heavy (non-hydrogen) atoms. The number of amides is 2. The monoisotopic (exact) mass is 310 g/mol. The van der Waals surface area contributed by atoms with E-state index in [1.807, 2.05) is 24.4 Å². The van der Waals surface area contributed by atoms with Gasteiger partial charge in [-0.3, -0.25) is 0 Å². The number of rotatable bonds is 4. The number of thiophene rings is 1. The normalized spacial score (nSPS) is 11.8. The van der Waals surface area contributed by atoms with Gasteiger partial charge in [0.15, 0.2) is 0 Å². The number of benzene rings is 1. The predicted octanol–water partition coefficient (Wildman–Crippen LogP) is 4.29. The number of anilines is 1. The molecule has 106 valence electrons. The maximum atomic E-state index is 11.9. The number of hydrogen-bond acceptors (Lipinski definition) is 3. The Morgan fingerprint density at radius 2 is 2.20 bits per heavy atom. The summed E-state index contributed by atoms with van der Waals surface area (Å²) in [7, 11) is 1.55. The average molecular weight is 311 g/mol. The number of halogens is 1. The van der Waals surface area contributed by atoms with Gasteiger partial charge in [-0.2, -0.15) is 0 Å². The standard InChI is InChI=1S/C14H15ClN2O2S/c1-9(13-4-3-7-20-13)16-14(18)17-10-5-6-12(19-2)11(15)8-10/h3-9H,1-2H3,(H2,16,17,18)/t9-/m1/s1. The van der Waals surface area contributed by atoms with Crippen LogP contribution in [0.3, 0.4) is 0 Å². The number of methoxy groups -OCH3 is 1. The van der Waals surface area contributed by atoms with Crippen molar-refractivity contribution in [2.45, 2.75) is 13.0 Å². The largest absolute Gasteiger partial charge is 0.495 e. The van der Waals surface area contributed by atoms with Gasteiger partial charge in [0.05, 0.1) is 18.2 Å². The van der Waals surface area contributed by atoms with Crippen LogP contribution in [0.5, 0.6) is 5.75 Å². The fourth-order valence-electron chi connectivity index (χ4n) is 1.72. The highest BCUT2D eigenvalue weighted by molar-refractivity contribution is 7.10. The molecule has 0 fully saturated rings. The molecule has 0 radical (unpaired) electrons. The van der Waals surface area contributed by atoms with Crippen LogP contribution in [-0.4, -0.2) is 13.1 Å². The van der Waals surface area contributed by atoms with E-state index < -0.39 is 0 Å². The molecular weight excluding hydrogens is 296 g/mol. The molecule has 1 aromatic heterocycles. The van der Waals surface area contributed by atoms with E-state index in [4.69, 9.17) is 16.3 Å². The van der Waals surface area contributed by atoms with Crippen LogP contribution in [0.1, 0.15) is 17.8 Å². The molecule has 0 aliphatic rings. The van der Waals surface area contributed by atoms with E-state index in [1.165, 1.54) is 0 Å². The molecule has 0 saturated heterocycles. The lowest BCUT2D eigenvalue weighted by Gasteiger charge is -2.13. The Bertz CT molecular complexity index is 587. The van der Waals surface area contributed by atoms with Gasteiger partial charge in [-0.25, -0.2) is 4.79 Å². The number of nitrogens with one attached hydrogen (secondary N) is 2. The minimum Gasteiger partial charge on any atom is -0.495 e. The highest BCUT2D eigenvalue weighted by Gasteiger charge is 2.11. The molecule has 0 aliphatic heterocycles. The first-order valence-electron chi connectivity index (χ1n) is 6.04. The molecule has 0 aliphatic carbocycles. The van der Waals surface area contributed by atoms with Gasteiger partial charge in [-0.05, 0) is 36.6 Å². The van der Waals surface area contributed by atoms with Crippen molar-refractivity contribution in [1.29, 1.82) is 0 Å². The Labute approximate surface area is 126 Å². The molecule has 0 saturated carbocycles. The molecule has 2 aromatic rings. The fourth-order valence-corrected chi connectivity index (χ4v) is 2.71. The lowest BCUT2D eigenvalue weighted by atomic mass is 10.3. The van der Waals surface area contributed by atoms with Gasteiger partial charge in [0.25, 0.3) is 0 Å². The summed E-state index contributed by atoms with van der Waals surface area (Å²) in [6.07, 6.45) is 0. The van der Waals surface area contributed by atoms with Crippen LogP contribution in [0, 0.1) is 0 Å². The van der Waals surface area contributed by atoms with Crippen molar-refractivity contribution in [2.24, 2.45) is 0 Å². The molecule has 0 spiro atoms. The molecule has 1 aromatic carbocycles. The minimum absolute atomic E-state index is 0.0382. The number of carbonyl (C=O) groups excluding carboxylic acids is 1. The summed E-state index contributed by atoms with van der Waals surface area (Å²) in [4.78, 5) is 13.0. The van der Waals surface area contributed by atoms with Crippen LogP contribution in [0.25, 0.3) is 0 Å². The molecule has 0 bridgehead atoms. The molecule has 1 heterocycles. The summed E-state index contributed by atoms with van der Waals surface area (Å²) in [5, 5.41) is 8.04. The minimum atomic E-state index is -0.271. The van der Waals surface area contributed by atoms with Gasteiger partial charge in [0, 0.05) is 10.6 Å². The van der Waals surface area contributed by atoms with Crippen molar-refractivity contribution in [3.05, 3.63) is 45.6 Å². The fraction of sp³-hybridized carbons (Fsp3) is 0.214. The number of ether oxygens (including phenoxy) is 1. The Hall–Kier alpha value is -1.72. The molecule has 2 N–H and O–H groups in total. The first-order chi connectivity index (χ1) is 9.60. The van der Waals surface area contributed by atoms with Crippen molar-refractivity contribution in [3.8, 4) is 5.75 Å². The topological polar surface area (TPSA) is 50.4 Å². The second-order valence-corrected chi connectivity index (χ2v) is 5.57. The van der Waals surface area contributed by atoms with Crippen LogP contribution < -0.4 is 15.4 Å². The van der Waals surface area contributed by atoms with Crippen LogP contribution in [0.4, 0.5) is 10.5 Å². The summed E-state index contributed by atoms with van der Waals surface area (Å²) >= 11 is 7.61. The highest BCUT2D eigenvalue weighted by Crippen LogP contribution is 2.27. The van der Waals surface area contributed by atoms with Crippen molar-refractivity contribution < 1.29 is 9.53 Å². The number of hydrogen-bond donors (Lipinski definition) is 2. The second-order valence-electron chi connectivity index (χ2n) is 4.18.